The van der Waals surface area contributed by atoms with Crippen LogP contribution in [0.1, 0.15) is 15.9 Å². The Bertz CT molecular complexity index is 672. The third kappa shape index (κ3) is 4.43. The number of Topliss-reactive ketones (excluding diaryl/α,β-unsaturated/α-hetero) is 1. The molecule has 0 atom stereocenters. The lowest BCUT2D eigenvalue weighted by Crippen LogP contribution is -2.46. The SMILES string of the molecule is Cc1ccc(Oc2ccc(C(=O)CN3CCN(C)CC3)cc2)cc1. The molecular formula is C20H24N2O2. The van der Waals surface area contributed by atoms with Gasteiger partial charge in [-0.05, 0) is 50.4 Å². The molecule has 2 aromatic carbocycles. The summed E-state index contributed by atoms with van der Waals surface area (Å²) in [5, 5.41) is 0. The minimum atomic E-state index is 0.168. The lowest BCUT2D eigenvalue weighted by Gasteiger charge is -2.31. The van der Waals surface area contributed by atoms with Crippen LogP contribution in [0.25, 0.3) is 0 Å². The summed E-state index contributed by atoms with van der Waals surface area (Å²) in [5.74, 6) is 1.72. The van der Waals surface area contributed by atoms with Gasteiger partial charge in [-0.3, -0.25) is 9.69 Å². The van der Waals surface area contributed by atoms with Crippen LogP contribution in [0.2, 0.25) is 0 Å². The number of carbonyl (C=O) groups is 1. The van der Waals surface area contributed by atoms with Crippen LogP contribution < -0.4 is 4.74 Å². The predicted octanol–water partition coefficient (Wildman–Crippen LogP) is 3.22. The van der Waals surface area contributed by atoms with E-state index in [9.17, 15) is 4.79 Å². The summed E-state index contributed by atoms with van der Waals surface area (Å²) in [6.45, 7) is 6.50. The zero-order valence-electron chi connectivity index (χ0n) is 14.4. The van der Waals surface area contributed by atoms with E-state index in [-0.39, 0.29) is 5.78 Å². The Labute approximate surface area is 143 Å². The van der Waals surface area contributed by atoms with Gasteiger partial charge in [0.2, 0.25) is 0 Å². The van der Waals surface area contributed by atoms with Crippen molar-refractivity contribution < 1.29 is 9.53 Å². The first-order valence-corrected chi connectivity index (χ1v) is 8.39. The van der Waals surface area contributed by atoms with Gasteiger partial charge < -0.3 is 9.64 Å². The molecule has 3 rings (SSSR count). The van der Waals surface area contributed by atoms with Gasteiger partial charge in [-0.25, -0.2) is 0 Å². The number of ether oxygens (including phenoxy) is 1. The lowest BCUT2D eigenvalue weighted by atomic mass is 10.1. The topological polar surface area (TPSA) is 32.8 Å². The van der Waals surface area contributed by atoms with Crippen molar-refractivity contribution >= 4 is 5.78 Å². The molecule has 1 aliphatic heterocycles. The number of piperazine rings is 1. The zero-order valence-corrected chi connectivity index (χ0v) is 14.4. The number of carbonyl (C=O) groups excluding carboxylic acids is 1. The Balaban J connectivity index is 1.57. The summed E-state index contributed by atoms with van der Waals surface area (Å²) in [4.78, 5) is 16.9. The molecule has 0 aliphatic carbocycles. The first-order chi connectivity index (χ1) is 11.6. The maximum atomic E-state index is 12.4. The molecule has 126 valence electrons. The number of ketones is 1. The number of likely N-dealkylation sites (N-methyl/N-ethyl adjacent to an activating group) is 1. The quantitative estimate of drug-likeness (QED) is 0.791. The maximum absolute atomic E-state index is 12.4. The van der Waals surface area contributed by atoms with Gasteiger partial charge in [-0.15, -0.1) is 0 Å². The summed E-state index contributed by atoms with van der Waals surface area (Å²) >= 11 is 0. The molecule has 24 heavy (non-hydrogen) atoms. The average molecular weight is 324 g/mol. The van der Waals surface area contributed by atoms with Crippen molar-refractivity contribution in [3.63, 3.8) is 0 Å². The Hall–Kier alpha value is -2.17. The first-order valence-electron chi connectivity index (χ1n) is 8.39. The van der Waals surface area contributed by atoms with Gasteiger partial charge in [0.15, 0.2) is 5.78 Å². The predicted molar refractivity (Wildman–Crippen MR) is 96.0 cm³/mol. The van der Waals surface area contributed by atoms with Crippen molar-refractivity contribution in [3.8, 4) is 11.5 Å². The van der Waals surface area contributed by atoms with E-state index in [1.807, 2.05) is 55.5 Å². The van der Waals surface area contributed by atoms with Crippen molar-refractivity contribution in [2.45, 2.75) is 6.92 Å². The van der Waals surface area contributed by atoms with Crippen LogP contribution in [-0.4, -0.2) is 55.4 Å². The second-order valence-corrected chi connectivity index (χ2v) is 6.44. The molecule has 0 amide bonds. The Morgan fingerprint density at radius 2 is 1.46 bits per heavy atom. The standard InChI is InChI=1S/C20H24N2O2/c1-16-3-7-18(8-4-16)24-19-9-5-17(6-10-19)20(23)15-22-13-11-21(2)12-14-22/h3-10H,11-15H2,1-2H3. The molecule has 0 spiro atoms. The van der Waals surface area contributed by atoms with Crippen LogP contribution in [0.5, 0.6) is 11.5 Å². The van der Waals surface area contributed by atoms with E-state index in [4.69, 9.17) is 4.74 Å². The molecule has 0 aromatic heterocycles. The Morgan fingerprint density at radius 1 is 0.917 bits per heavy atom. The minimum absolute atomic E-state index is 0.168. The van der Waals surface area contributed by atoms with Gasteiger partial charge in [-0.1, -0.05) is 17.7 Å². The highest BCUT2D eigenvalue weighted by Crippen LogP contribution is 2.22. The second-order valence-electron chi connectivity index (χ2n) is 6.44. The van der Waals surface area contributed by atoms with Gasteiger partial charge in [-0.2, -0.15) is 0 Å². The molecular weight excluding hydrogens is 300 g/mol. The maximum Gasteiger partial charge on any atom is 0.176 e. The van der Waals surface area contributed by atoms with Crippen LogP contribution in [0, 0.1) is 6.92 Å². The number of hydrogen-bond donors (Lipinski definition) is 0. The fourth-order valence-corrected chi connectivity index (χ4v) is 2.75. The third-order valence-corrected chi connectivity index (χ3v) is 4.40. The van der Waals surface area contributed by atoms with E-state index in [1.54, 1.807) is 0 Å². The van der Waals surface area contributed by atoms with Gasteiger partial charge in [0, 0.05) is 31.7 Å². The summed E-state index contributed by atoms with van der Waals surface area (Å²) in [6, 6.07) is 15.3. The molecule has 4 heteroatoms. The molecule has 0 radical (unpaired) electrons. The van der Waals surface area contributed by atoms with Crippen molar-refractivity contribution in [1.29, 1.82) is 0 Å². The van der Waals surface area contributed by atoms with Gasteiger partial charge in [0.1, 0.15) is 11.5 Å². The highest BCUT2D eigenvalue weighted by Gasteiger charge is 2.17. The van der Waals surface area contributed by atoms with Gasteiger partial charge >= 0.3 is 0 Å². The smallest absolute Gasteiger partial charge is 0.176 e. The van der Waals surface area contributed by atoms with E-state index >= 15 is 0 Å². The Morgan fingerprint density at radius 3 is 2.04 bits per heavy atom. The van der Waals surface area contributed by atoms with Crippen LogP contribution in [-0.2, 0) is 0 Å². The van der Waals surface area contributed by atoms with E-state index in [0.717, 1.165) is 43.2 Å². The number of hydrogen-bond acceptors (Lipinski definition) is 4. The second kappa shape index (κ2) is 7.60. The highest BCUT2D eigenvalue weighted by molar-refractivity contribution is 5.97. The Kier molecular flexibility index (Phi) is 5.28. The van der Waals surface area contributed by atoms with E-state index in [0.29, 0.717) is 6.54 Å². The molecule has 1 heterocycles. The monoisotopic (exact) mass is 324 g/mol. The van der Waals surface area contributed by atoms with Crippen LogP contribution >= 0.6 is 0 Å². The number of aryl methyl sites for hydroxylation is 1. The van der Waals surface area contributed by atoms with Gasteiger partial charge in [0.05, 0.1) is 6.54 Å². The molecule has 2 aromatic rings. The number of benzene rings is 2. The molecule has 0 saturated carbocycles. The molecule has 1 saturated heterocycles. The largest absolute Gasteiger partial charge is 0.457 e. The van der Waals surface area contributed by atoms with E-state index in [1.165, 1.54) is 5.56 Å². The molecule has 0 unspecified atom stereocenters. The highest BCUT2D eigenvalue weighted by atomic mass is 16.5. The summed E-state index contributed by atoms with van der Waals surface area (Å²) < 4.78 is 5.80. The van der Waals surface area contributed by atoms with Crippen LogP contribution in [0.4, 0.5) is 0 Å². The van der Waals surface area contributed by atoms with E-state index < -0.39 is 0 Å². The first kappa shape index (κ1) is 16.7. The molecule has 1 fully saturated rings. The fourth-order valence-electron chi connectivity index (χ4n) is 2.75. The molecule has 0 N–H and O–H groups in total. The fraction of sp³-hybridized carbons (Fsp3) is 0.350. The molecule has 1 aliphatic rings. The minimum Gasteiger partial charge on any atom is -0.457 e. The van der Waals surface area contributed by atoms with Crippen molar-refractivity contribution in [3.05, 3.63) is 59.7 Å². The normalized spacial score (nSPS) is 16.1. The number of rotatable bonds is 5. The van der Waals surface area contributed by atoms with Crippen molar-refractivity contribution in [2.75, 3.05) is 39.8 Å². The average Bonchev–Trinajstić information content (AvgIpc) is 2.59. The summed E-state index contributed by atoms with van der Waals surface area (Å²) in [6.07, 6.45) is 0. The van der Waals surface area contributed by atoms with Crippen LogP contribution in [0.3, 0.4) is 0 Å². The van der Waals surface area contributed by atoms with Crippen molar-refractivity contribution in [1.82, 2.24) is 9.80 Å². The third-order valence-electron chi connectivity index (χ3n) is 4.40. The van der Waals surface area contributed by atoms with Crippen molar-refractivity contribution in [2.24, 2.45) is 0 Å². The van der Waals surface area contributed by atoms with Crippen LogP contribution in [0.15, 0.2) is 48.5 Å². The summed E-state index contributed by atoms with van der Waals surface area (Å²) in [5.41, 5.74) is 1.94. The zero-order chi connectivity index (χ0) is 16.9. The lowest BCUT2D eigenvalue weighted by molar-refractivity contribution is 0.0876. The van der Waals surface area contributed by atoms with Gasteiger partial charge in [0.25, 0.3) is 0 Å². The number of nitrogens with zero attached hydrogens (tertiary/aromatic N) is 2. The summed E-state index contributed by atoms with van der Waals surface area (Å²) in [7, 11) is 2.12. The van der Waals surface area contributed by atoms with E-state index in [2.05, 4.69) is 16.8 Å². The molecule has 0 bridgehead atoms. The molecule has 4 nitrogen and oxygen atoms in total.